The van der Waals surface area contributed by atoms with E-state index in [2.05, 4.69) is 15.5 Å². The number of methoxy groups -OCH3 is 2. The first-order chi connectivity index (χ1) is 16.0. The minimum Gasteiger partial charge on any atom is -0.497 e. The summed E-state index contributed by atoms with van der Waals surface area (Å²) in [6, 6.07) is 14.1. The summed E-state index contributed by atoms with van der Waals surface area (Å²) in [6.07, 6.45) is 1.40. The Kier molecular flexibility index (Phi) is 6.25. The van der Waals surface area contributed by atoms with Crippen LogP contribution < -0.4 is 25.1 Å². The van der Waals surface area contributed by atoms with Crippen LogP contribution in [0.2, 0.25) is 0 Å². The highest BCUT2D eigenvalue weighted by molar-refractivity contribution is 5.92. The van der Waals surface area contributed by atoms with Gasteiger partial charge in [0.1, 0.15) is 35.6 Å². The summed E-state index contributed by atoms with van der Waals surface area (Å²) in [7, 11) is 3.03. The van der Waals surface area contributed by atoms with E-state index in [1.54, 1.807) is 31.4 Å². The van der Waals surface area contributed by atoms with Crippen molar-refractivity contribution < 1.29 is 19.0 Å². The summed E-state index contributed by atoms with van der Waals surface area (Å²) < 4.78 is 18.4. The fraction of sp³-hybridized carbons (Fsp3) is 0.217. The second-order valence-corrected chi connectivity index (χ2v) is 7.02. The van der Waals surface area contributed by atoms with Crippen molar-refractivity contribution in [3.8, 4) is 28.5 Å². The molecule has 0 bridgehead atoms. The highest BCUT2D eigenvalue weighted by Crippen LogP contribution is 2.29. The van der Waals surface area contributed by atoms with E-state index in [0.29, 0.717) is 35.0 Å². The van der Waals surface area contributed by atoms with Gasteiger partial charge in [-0.25, -0.2) is 9.20 Å². The number of aromatic nitrogens is 4. The van der Waals surface area contributed by atoms with Gasteiger partial charge in [-0.1, -0.05) is 0 Å². The number of carbonyl (C=O) groups excluding carboxylic acids is 1. The topological polar surface area (TPSA) is 109 Å². The van der Waals surface area contributed by atoms with Gasteiger partial charge in [0.25, 0.3) is 5.56 Å². The van der Waals surface area contributed by atoms with Gasteiger partial charge in [0.15, 0.2) is 0 Å². The Morgan fingerprint density at radius 1 is 1.03 bits per heavy atom. The zero-order valence-corrected chi connectivity index (χ0v) is 18.4. The number of ether oxygens (including phenoxy) is 3. The number of nitrogens with zero attached hydrogens (tertiary/aromatic N) is 4. The SMILES string of the molecule is CCOc1ccc(-c2cc3c(=O)n(CC(=O)Nc4ccc(OC)cc4OC)ncn3n2)cc1. The van der Waals surface area contributed by atoms with Crippen LogP contribution in [0.1, 0.15) is 6.92 Å². The maximum absolute atomic E-state index is 12.9. The number of anilines is 1. The molecule has 1 amide bonds. The Balaban J connectivity index is 1.55. The molecule has 10 heteroatoms. The summed E-state index contributed by atoms with van der Waals surface area (Å²) >= 11 is 0. The molecule has 0 aliphatic rings. The lowest BCUT2D eigenvalue weighted by atomic mass is 10.1. The van der Waals surface area contributed by atoms with Crippen molar-refractivity contribution in [3.05, 3.63) is 65.2 Å². The predicted molar refractivity (Wildman–Crippen MR) is 122 cm³/mol. The Labute approximate surface area is 189 Å². The van der Waals surface area contributed by atoms with Crippen molar-refractivity contribution >= 4 is 17.1 Å². The lowest BCUT2D eigenvalue weighted by molar-refractivity contribution is -0.117. The highest BCUT2D eigenvalue weighted by atomic mass is 16.5. The molecule has 1 N–H and O–H groups in total. The molecule has 2 heterocycles. The van der Waals surface area contributed by atoms with Crippen LogP contribution in [0.15, 0.2) is 59.7 Å². The fourth-order valence-corrected chi connectivity index (χ4v) is 3.31. The van der Waals surface area contributed by atoms with E-state index in [-0.39, 0.29) is 6.54 Å². The molecule has 0 aliphatic heterocycles. The van der Waals surface area contributed by atoms with Crippen LogP contribution in [0.4, 0.5) is 5.69 Å². The van der Waals surface area contributed by atoms with Crippen molar-refractivity contribution in [2.24, 2.45) is 0 Å². The van der Waals surface area contributed by atoms with Crippen LogP contribution in [0, 0.1) is 0 Å². The van der Waals surface area contributed by atoms with E-state index < -0.39 is 11.5 Å². The van der Waals surface area contributed by atoms with Crippen molar-refractivity contribution in [2.75, 3.05) is 26.1 Å². The molecule has 0 unspecified atom stereocenters. The highest BCUT2D eigenvalue weighted by Gasteiger charge is 2.14. The van der Waals surface area contributed by atoms with Crippen LogP contribution in [0.3, 0.4) is 0 Å². The monoisotopic (exact) mass is 449 g/mol. The van der Waals surface area contributed by atoms with Crippen molar-refractivity contribution in [1.29, 1.82) is 0 Å². The van der Waals surface area contributed by atoms with Gasteiger partial charge in [-0.2, -0.15) is 10.2 Å². The predicted octanol–water partition coefficient (Wildman–Crippen LogP) is 2.61. The number of hydrogen-bond donors (Lipinski definition) is 1. The quantitative estimate of drug-likeness (QED) is 0.440. The summed E-state index contributed by atoms with van der Waals surface area (Å²) in [4.78, 5) is 25.5. The molecule has 33 heavy (non-hydrogen) atoms. The molecule has 0 aliphatic carbocycles. The zero-order valence-electron chi connectivity index (χ0n) is 18.4. The first-order valence-electron chi connectivity index (χ1n) is 10.2. The summed E-state index contributed by atoms with van der Waals surface area (Å²) in [5, 5.41) is 11.2. The fourth-order valence-electron chi connectivity index (χ4n) is 3.31. The Morgan fingerprint density at radius 2 is 1.79 bits per heavy atom. The van der Waals surface area contributed by atoms with Crippen LogP contribution in [0.25, 0.3) is 16.8 Å². The van der Waals surface area contributed by atoms with E-state index in [0.717, 1.165) is 16.0 Å². The zero-order chi connectivity index (χ0) is 23.4. The van der Waals surface area contributed by atoms with Gasteiger partial charge in [-0.15, -0.1) is 0 Å². The van der Waals surface area contributed by atoms with Gasteiger partial charge in [0.05, 0.1) is 32.2 Å². The molecule has 0 saturated heterocycles. The van der Waals surface area contributed by atoms with E-state index in [1.807, 2.05) is 31.2 Å². The standard InChI is InChI=1S/C23H23N5O5/c1-4-33-16-7-5-15(6-8-16)19-12-20-23(30)27(24-14-28(20)26-19)13-22(29)25-18-10-9-17(31-2)11-21(18)32-3/h5-12,14H,4,13H2,1-3H3,(H,25,29). The molecule has 0 atom stereocenters. The Hall–Kier alpha value is -4.34. The molecule has 0 spiro atoms. The van der Waals surface area contributed by atoms with Crippen LogP contribution in [-0.2, 0) is 11.3 Å². The van der Waals surface area contributed by atoms with Gasteiger partial charge >= 0.3 is 0 Å². The first-order valence-corrected chi connectivity index (χ1v) is 10.2. The number of nitrogens with one attached hydrogen (secondary N) is 1. The molecule has 0 fully saturated rings. The second-order valence-electron chi connectivity index (χ2n) is 7.02. The minimum absolute atomic E-state index is 0.270. The van der Waals surface area contributed by atoms with Gasteiger partial charge < -0.3 is 19.5 Å². The number of amides is 1. The second kappa shape index (κ2) is 9.43. The molecular weight excluding hydrogens is 426 g/mol. The number of fused-ring (bicyclic) bond motifs is 1. The smallest absolute Gasteiger partial charge is 0.293 e. The summed E-state index contributed by atoms with van der Waals surface area (Å²) in [6.45, 7) is 2.23. The molecule has 170 valence electrons. The number of rotatable bonds is 8. The average Bonchev–Trinajstić information content (AvgIpc) is 3.27. The van der Waals surface area contributed by atoms with Crippen molar-refractivity contribution in [2.45, 2.75) is 13.5 Å². The largest absolute Gasteiger partial charge is 0.497 e. The van der Waals surface area contributed by atoms with Crippen molar-refractivity contribution in [1.82, 2.24) is 19.4 Å². The van der Waals surface area contributed by atoms with Crippen molar-refractivity contribution in [3.63, 3.8) is 0 Å². The molecule has 0 radical (unpaired) electrons. The molecule has 2 aromatic carbocycles. The minimum atomic E-state index is -0.431. The van der Waals surface area contributed by atoms with Crippen LogP contribution >= 0.6 is 0 Å². The van der Waals surface area contributed by atoms with E-state index in [1.165, 1.54) is 18.0 Å². The molecule has 10 nitrogen and oxygen atoms in total. The maximum atomic E-state index is 12.9. The molecule has 4 rings (SSSR count). The number of benzene rings is 2. The van der Waals surface area contributed by atoms with Gasteiger partial charge in [-0.3, -0.25) is 9.59 Å². The third kappa shape index (κ3) is 4.64. The van der Waals surface area contributed by atoms with E-state index in [9.17, 15) is 9.59 Å². The Bertz CT molecular complexity index is 1340. The van der Waals surface area contributed by atoms with Crippen LogP contribution in [-0.4, -0.2) is 46.1 Å². The van der Waals surface area contributed by atoms with E-state index in [4.69, 9.17) is 14.2 Å². The first kappa shape index (κ1) is 21.9. The molecule has 0 saturated carbocycles. The maximum Gasteiger partial charge on any atom is 0.293 e. The lowest BCUT2D eigenvalue weighted by Crippen LogP contribution is -2.30. The molecule has 2 aromatic heterocycles. The third-order valence-electron chi connectivity index (χ3n) is 4.93. The van der Waals surface area contributed by atoms with Gasteiger partial charge in [-0.05, 0) is 49.4 Å². The van der Waals surface area contributed by atoms with E-state index >= 15 is 0 Å². The molecular formula is C23H23N5O5. The van der Waals surface area contributed by atoms with Gasteiger partial charge in [0, 0.05) is 11.6 Å². The number of carbonyl (C=O) groups is 1. The summed E-state index contributed by atoms with van der Waals surface area (Å²) in [5.74, 6) is 1.36. The van der Waals surface area contributed by atoms with Crippen LogP contribution in [0.5, 0.6) is 17.2 Å². The lowest BCUT2D eigenvalue weighted by Gasteiger charge is -2.12. The Morgan fingerprint density at radius 3 is 2.48 bits per heavy atom. The normalized spacial score (nSPS) is 10.8. The molecule has 4 aromatic rings. The van der Waals surface area contributed by atoms with Gasteiger partial charge in [0.2, 0.25) is 5.91 Å². The third-order valence-corrected chi connectivity index (χ3v) is 4.93. The summed E-state index contributed by atoms with van der Waals surface area (Å²) in [5.41, 5.74) is 1.78. The number of hydrogen-bond acceptors (Lipinski definition) is 7. The average molecular weight is 449 g/mol.